The van der Waals surface area contributed by atoms with Crippen molar-refractivity contribution in [2.75, 3.05) is 20.3 Å². The summed E-state index contributed by atoms with van der Waals surface area (Å²) in [6, 6.07) is 9.51. The molecule has 1 aliphatic heterocycles. The van der Waals surface area contributed by atoms with Crippen LogP contribution in [0.15, 0.2) is 42.7 Å². The summed E-state index contributed by atoms with van der Waals surface area (Å²) in [6.07, 6.45) is 3.18. The number of nitrogens with zero attached hydrogens (tertiary/aromatic N) is 2. The summed E-state index contributed by atoms with van der Waals surface area (Å²) in [5.41, 5.74) is 1.56. The number of fused-ring (bicyclic) bond motifs is 1. The molecule has 0 atom stereocenters. The summed E-state index contributed by atoms with van der Waals surface area (Å²) < 4.78 is 29.3. The number of aliphatic hydroxyl groups excluding tert-OH is 1. The Morgan fingerprint density at radius 1 is 0.970 bits per heavy atom. The van der Waals surface area contributed by atoms with E-state index in [0.29, 0.717) is 29.5 Å². The zero-order valence-corrected chi connectivity index (χ0v) is 19.6. The Morgan fingerprint density at radius 2 is 1.70 bits per heavy atom. The van der Waals surface area contributed by atoms with Crippen LogP contribution in [0.2, 0.25) is 0 Å². The van der Waals surface area contributed by atoms with Gasteiger partial charge in [-0.3, -0.25) is 4.98 Å². The van der Waals surface area contributed by atoms with Crippen LogP contribution in [0.4, 0.5) is 0 Å². The summed E-state index contributed by atoms with van der Waals surface area (Å²) in [5.74, 6) is 1.48. The lowest BCUT2D eigenvalue weighted by molar-refractivity contribution is 0.00578. The number of rotatable bonds is 8. The Morgan fingerprint density at radius 3 is 2.39 bits per heavy atom. The highest BCUT2D eigenvalue weighted by atomic mass is 16.7. The highest BCUT2D eigenvalue weighted by molar-refractivity contribution is 6.62. The van der Waals surface area contributed by atoms with Crippen molar-refractivity contribution in [1.82, 2.24) is 9.97 Å². The van der Waals surface area contributed by atoms with Gasteiger partial charge in [0.05, 0.1) is 36.6 Å². The minimum absolute atomic E-state index is 0.0887. The van der Waals surface area contributed by atoms with Crippen LogP contribution in [0.5, 0.6) is 17.4 Å². The van der Waals surface area contributed by atoms with E-state index < -0.39 is 18.3 Å². The zero-order chi connectivity index (χ0) is 23.6. The standard InChI is InChI=1S/C24H29BN2O6/c1-23(2)24(3,4)33-25(32-23)18-6-7-20-17(11-18)12-21(22(27-20)29-5)31-9-8-30-19-10-16(15-28)13-26-14-19/h6-7,10-14,28H,8-9,15H2,1-5H3. The topological polar surface area (TPSA) is 92.2 Å². The van der Waals surface area contributed by atoms with Crippen LogP contribution in [-0.4, -0.2) is 53.7 Å². The molecule has 0 amide bonds. The van der Waals surface area contributed by atoms with Gasteiger partial charge < -0.3 is 28.6 Å². The Balaban J connectivity index is 1.48. The third kappa shape index (κ3) is 4.90. The number of hydrogen-bond acceptors (Lipinski definition) is 8. The number of ether oxygens (including phenoxy) is 3. The van der Waals surface area contributed by atoms with Crippen molar-refractivity contribution in [1.29, 1.82) is 0 Å². The van der Waals surface area contributed by atoms with Crippen LogP contribution in [-0.2, 0) is 15.9 Å². The average molecular weight is 452 g/mol. The van der Waals surface area contributed by atoms with Crippen molar-refractivity contribution in [2.24, 2.45) is 0 Å². The molecule has 1 aliphatic rings. The highest BCUT2D eigenvalue weighted by Crippen LogP contribution is 2.37. The lowest BCUT2D eigenvalue weighted by Crippen LogP contribution is -2.41. The minimum Gasteiger partial charge on any atom is -0.488 e. The van der Waals surface area contributed by atoms with Crippen LogP contribution >= 0.6 is 0 Å². The minimum atomic E-state index is -0.456. The van der Waals surface area contributed by atoms with Crippen LogP contribution in [0.25, 0.3) is 10.9 Å². The Kier molecular flexibility index (Phi) is 6.47. The van der Waals surface area contributed by atoms with Gasteiger partial charge in [0.1, 0.15) is 19.0 Å². The number of aliphatic hydroxyl groups is 1. The van der Waals surface area contributed by atoms with E-state index in [1.54, 1.807) is 25.6 Å². The van der Waals surface area contributed by atoms with Gasteiger partial charge in [0.15, 0.2) is 5.75 Å². The van der Waals surface area contributed by atoms with Gasteiger partial charge in [-0.25, -0.2) is 4.98 Å². The second-order valence-electron chi connectivity index (χ2n) is 8.92. The van der Waals surface area contributed by atoms with Gasteiger partial charge in [0, 0.05) is 11.6 Å². The highest BCUT2D eigenvalue weighted by Gasteiger charge is 2.51. The molecule has 0 spiro atoms. The monoisotopic (exact) mass is 452 g/mol. The quantitative estimate of drug-likeness (QED) is 0.412. The molecule has 33 heavy (non-hydrogen) atoms. The molecular weight excluding hydrogens is 423 g/mol. The van der Waals surface area contributed by atoms with E-state index in [4.69, 9.17) is 23.5 Å². The molecule has 3 heterocycles. The van der Waals surface area contributed by atoms with E-state index >= 15 is 0 Å². The van der Waals surface area contributed by atoms with Crippen molar-refractivity contribution < 1.29 is 28.6 Å². The maximum absolute atomic E-state index is 9.21. The molecule has 3 aromatic rings. The molecule has 0 saturated carbocycles. The van der Waals surface area contributed by atoms with Gasteiger partial charge in [0.2, 0.25) is 0 Å². The predicted octanol–water partition coefficient (Wildman–Crippen LogP) is 2.89. The Hall–Kier alpha value is -2.88. The summed E-state index contributed by atoms with van der Waals surface area (Å²) in [7, 11) is 1.10. The molecule has 0 aliphatic carbocycles. The zero-order valence-electron chi connectivity index (χ0n) is 19.6. The van der Waals surface area contributed by atoms with Crippen LogP contribution < -0.4 is 19.7 Å². The Labute approximate surface area is 194 Å². The second-order valence-corrected chi connectivity index (χ2v) is 8.92. The average Bonchev–Trinajstić information content (AvgIpc) is 3.02. The number of pyridine rings is 2. The van der Waals surface area contributed by atoms with Crippen LogP contribution in [0.1, 0.15) is 33.3 Å². The van der Waals surface area contributed by atoms with Crippen LogP contribution in [0, 0.1) is 0 Å². The number of benzene rings is 1. The van der Waals surface area contributed by atoms with Crippen molar-refractivity contribution in [3.05, 3.63) is 48.3 Å². The number of aromatic nitrogens is 2. The molecule has 174 valence electrons. The summed E-state index contributed by atoms with van der Waals surface area (Å²) in [5, 5.41) is 10.1. The first kappa shape index (κ1) is 23.3. The first-order valence-corrected chi connectivity index (χ1v) is 10.9. The van der Waals surface area contributed by atoms with E-state index in [0.717, 1.165) is 16.4 Å². The van der Waals surface area contributed by atoms with Gasteiger partial charge >= 0.3 is 7.12 Å². The largest absolute Gasteiger partial charge is 0.494 e. The van der Waals surface area contributed by atoms with E-state index in [1.165, 1.54) is 0 Å². The van der Waals surface area contributed by atoms with Crippen molar-refractivity contribution in [3.63, 3.8) is 0 Å². The van der Waals surface area contributed by atoms with Gasteiger partial charge in [-0.1, -0.05) is 12.1 Å². The molecule has 0 bridgehead atoms. The second kappa shape index (κ2) is 9.17. The lowest BCUT2D eigenvalue weighted by Gasteiger charge is -2.32. The lowest BCUT2D eigenvalue weighted by atomic mass is 9.78. The predicted molar refractivity (Wildman–Crippen MR) is 125 cm³/mol. The van der Waals surface area contributed by atoms with Gasteiger partial charge in [-0.05, 0) is 56.9 Å². The fourth-order valence-corrected chi connectivity index (χ4v) is 3.47. The smallest absolute Gasteiger partial charge is 0.488 e. The first-order valence-electron chi connectivity index (χ1n) is 10.9. The van der Waals surface area contributed by atoms with Crippen LogP contribution in [0.3, 0.4) is 0 Å². The van der Waals surface area contributed by atoms with Gasteiger partial charge in [-0.15, -0.1) is 0 Å². The Bertz CT molecular complexity index is 1120. The van der Waals surface area contributed by atoms with Gasteiger partial charge in [-0.2, -0.15) is 0 Å². The molecule has 8 nitrogen and oxygen atoms in total. The van der Waals surface area contributed by atoms with E-state index in [9.17, 15) is 5.11 Å². The van der Waals surface area contributed by atoms with E-state index in [2.05, 4.69) is 9.97 Å². The summed E-state index contributed by atoms with van der Waals surface area (Å²) in [6.45, 7) is 8.62. The van der Waals surface area contributed by atoms with Crippen molar-refractivity contribution in [2.45, 2.75) is 45.5 Å². The number of methoxy groups -OCH3 is 1. The normalized spacial score (nSPS) is 16.7. The fraction of sp³-hybridized carbons (Fsp3) is 0.417. The SMILES string of the molecule is COc1nc2ccc(B3OC(C)(C)C(C)(C)O3)cc2cc1OCCOc1cncc(CO)c1. The summed E-state index contributed by atoms with van der Waals surface area (Å²) in [4.78, 5) is 8.61. The molecule has 1 fully saturated rings. The summed E-state index contributed by atoms with van der Waals surface area (Å²) >= 11 is 0. The van der Waals surface area contributed by atoms with E-state index in [1.807, 2.05) is 52.0 Å². The molecule has 1 saturated heterocycles. The first-order chi connectivity index (χ1) is 15.7. The maximum atomic E-state index is 9.21. The van der Waals surface area contributed by atoms with Gasteiger partial charge in [0.25, 0.3) is 5.88 Å². The molecule has 9 heteroatoms. The molecule has 1 aromatic carbocycles. The van der Waals surface area contributed by atoms with E-state index in [-0.39, 0.29) is 13.2 Å². The molecule has 4 rings (SSSR count). The molecular formula is C24H29BN2O6. The third-order valence-electron chi connectivity index (χ3n) is 6.05. The molecule has 2 aromatic heterocycles. The fourth-order valence-electron chi connectivity index (χ4n) is 3.47. The number of hydrogen-bond donors (Lipinski definition) is 1. The molecule has 0 radical (unpaired) electrons. The third-order valence-corrected chi connectivity index (χ3v) is 6.05. The maximum Gasteiger partial charge on any atom is 0.494 e. The van der Waals surface area contributed by atoms with Crippen molar-refractivity contribution in [3.8, 4) is 17.4 Å². The van der Waals surface area contributed by atoms with Crippen molar-refractivity contribution >= 4 is 23.5 Å². The molecule has 1 N–H and O–H groups in total. The molecule has 0 unspecified atom stereocenters.